The first kappa shape index (κ1) is 16.8. The van der Waals surface area contributed by atoms with Gasteiger partial charge in [0.2, 0.25) is 0 Å². The molecule has 0 amide bonds. The highest BCUT2D eigenvalue weighted by Gasteiger charge is 2.11. The van der Waals surface area contributed by atoms with E-state index in [0.29, 0.717) is 12.6 Å². The third-order valence-corrected chi connectivity index (χ3v) is 3.06. The SMILES string of the molecule is CCCCCOc1c(CNC(C)C)cccc1OCC. The molecule has 0 unspecified atom stereocenters. The normalized spacial score (nSPS) is 10.8. The van der Waals surface area contributed by atoms with Crippen molar-refractivity contribution in [1.29, 1.82) is 0 Å². The molecule has 0 heterocycles. The van der Waals surface area contributed by atoms with Crippen LogP contribution in [0.5, 0.6) is 11.5 Å². The van der Waals surface area contributed by atoms with Crippen LogP contribution in [0.3, 0.4) is 0 Å². The maximum atomic E-state index is 5.99. The summed E-state index contributed by atoms with van der Waals surface area (Å²) in [5.74, 6) is 1.76. The number of ether oxygens (including phenoxy) is 2. The predicted octanol–water partition coefficient (Wildman–Crippen LogP) is 4.15. The van der Waals surface area contributed by atoms with Gasteiger partial charge in [-0.1, -0.05) is 45.7 Å². The van der Waals surface area contributed by atoms with Crippen LogP contribution in [0.4, 0.5) is 0 Å². The topological polar surface area (TPSA) is 30.5 Å². The minimum atomic E-state index is 0.457. The smallest absolute Gasteiger partial charge is 0.165 e. The van der Waals surface area contributed by atoms with Gasteiger partial charge in [-0.15, -0.1) is 0 Å². The number of hydrogen-bond acceptors (Lipinski definition) is 3. The van der Waals surface area contributed by atoms with Crippen LogP contribution in [0.25, 0.3) is 0 Å². The van der Waals surface area contributed by atoms with Crippen LogP contribution in [-0.4, -0.2) is 19.3 Å². The maximum absolute atomic E-state index is 5.99. The van der Waals surface area contributed by atoms with E-state index in [-0.39, 0.29) is 0 Å². The van der Waals surface area contributed by atoms with E-state index in [4.69, 9.17) is 9.47 Å². The molecule has 1 aromatic rings. The van der Waals surface area contributed by atoms with E-state index in [1.807, 2.05) is 19.1 Å². The first-order valence-electron chi connectivity index (χ1n) is 7.79. The molecule has 0 bridgehead atoms. The Hall–Kier alpha value is -1.22. The van der Waals surface area contributed by atoms with Crippen LogP contribution >= 0.6 is 0 Å². The van der Waals surface area contributed by atoms with Gasteiger partial charge in [-0.3, -0.25) is 0 Å². The highest BCUT2D eigenvalue weighted by molar-refractivity contribution is 5.46. The Labute approximate surface area is 123 Å². The summed E-state index contributed by atoms with van der Waals surface area (Å²) in [6.07, 6.45) is 3.50. The van der Waals surface area contributed by atoms with Gasteiger partial charge in [-0.05, 0) is 19.4 Å². The Morgan fingerprint density at radius 2 is 1.90 bits per heavy atom. The molecule has 0 spiro atoms. The fourth-order valence-corrected chi connectivity index (χ4v) is 1.97. The summed E-state index contributed by atoms with van der Waals surface area (Å²) < 4.78 is 11.7. The Kier molecular flexibility index (Phi) is 8.12. The van der Waals surface area contributed by atoms with Gasteiger partial charge < -0.3 is 14.8 Å². The standard InChI is InChI=1S/C17H29NO2/c1-5-7-8-12-20-17-15(13-18-14(3)4)10-9-11-16(17)19-6-2/h9-11,14,18H,5-8,12-13H2,1-4H3. The second kappa shape index (κ2) is 9.65. The molecular weight excluding hydrogens is 250 g/mol. The van der Waals surface area contributed by atoms with Crippen molar-refractivity contribution in [2.45, 2.75) is 59.5 Å². The molecule has 1 N–H and O–H groups in total. The van der Waals surface area contributed by atoms with Gasteiger partial charge in [0.25, 0.3) is 0 Å². The summed E-state index contributed by atoms with van der Waals surface area (Å²) in [5, 5.41) is 3.44. The van der Waals surface area contributed by atoms with Crippen molar-refractivity contribution in [1.82, 2.24) is 5.32 Å². The van der Waals surface area contributed by atoms with Gasteiger partial charge in [0.15, 0.2) is 11.5 Å². The van der Waals surface area contributed by atoms with Crippen molar-refractivity contribution >= 4 is 0 Å². The van der Waals surface area contributed by atoms with Crippen LogP contribution in [0.2, 0.25) is 0 Å². The zero-order chi connectivity index (χ0) is 14.8. The van der Waals surface area contributed by atoms with E-state index in [0.717, 1.165) is 31.1 Å². The minimum Gasteiger partial charge on any atom is -0.490 e. The Morgan fingerprint density at radius 1 is 1.10 bits per heavy atom. The van der Waals surface area contributed by atoms with Gasteiger partial charge in [-0.25, -0.2) is 0 Å². The average Bonchev–Trinajstić information content (AvgIpc) is 2.43. The lowest BCUT2D eigenvalue weighted by Gasteiger charge is -2.17. The summed E-state index contributed by atoms with van der Waals surface area (Å²) >= 11 is 0. The Bertz CT molecular complexity index is 377. The fourth-order valence-electron chi connectivity index (χ4n) is 1.97. The molecule has 1 aromatic carbocycles. The van der Waals surface area contributed by atoms with Gasteiger partial charge in [-0.2, -0.15) is 0 Å². The second-order valence-electron chi connectivity index (χ2n) is 5.27. The number of hydrogen-bond donors (Lipinski definition) is 1. The quantitative estimate of drug-likeness (QED) is 0.653. The number of rotatable bonds is 10. The van der Waals surface area contributed by atoms with Crippen LogP contribution in [0.1, 0.15) is 52.5 Å². The molecule has 0 aromatic heterocycles. The van der Waals surface area contributed by atoms with Crippen molar-refractivity contribution in [2.75, 3.05) is 13.2 Å². The second-order valence-corrected chi connectivity index (χ2v) is 5.27. The van der Waals surface area contributed by atoms with E-state index < -0.39 is 0 Å². The largest absolute Gasteiger partial charge is 0.490 e. The summed E-state index contributed by atoms with van der Waals surface area (Å²) in [6.45, 7) is 10.7. The molecule has 0 aliphatic heterocycles. The van der Waals surface area contributed by atoms with Gasteiger partial charge in [0, 0.05) is 18.2 Å². The van der Waals surface area contributed by atoms with Crippen LogP contribution in [-0.2, 0) is 6.54 Å². The van der Waals surface area contributed by atoms with Crippen LogP contribution in [0.15, 0.2) is 18.2 Å². The number of unbranched alkanes of at least 4 members (excludes halogenated alkanes) is 2. The van der Waals surface area contributed by atoms with Crippen molar-refractivity contribution in [3.05, 3.63) is 23.8 Å². The highest BCUT2D eigenvalue weighted by atomic mass is 16.5. The maximum Gasteiger partial charge on any atom is 0.165 e. The van der Waals surface area contributed by atoms with E-state index in [9.17, 15) is 0 Å². The lowest BCUT2D eigenvalue weighted by atomic mass is 10.1. The average molecular weight is 279 g/mol. The summed E-state index contributed by atoms with van der Waals surface area (Å²) in [7, 11) is 0. The zero-order valence-electron chi connectivity index (χ0n) is 13.4. The molecule has 20 heavy (non-hydrogen) atoms. The van der Waals surface area contributed by atoms with E-state index in [1.54, 1.807) is 0 Å². The molecule has 114 valence electrons. The van der Waals surface area contributed by atoms with Crippen molar-refractivity contribution in [3.63, 3.8) is 0 Å². The molecule has 3 heteroatoms. The lowest BCUT2D eigenvalue weighted by molar-refractivity contribution is 0.268. The zero-order valence-corrected chi connectivity index (χ0v) is 13.4. The Morgan fingerprint density at radius 3 is 2.55 bits per heavy atom. The molecular formula is C17H29NO2. The lowest BCUT2D eigenvalue weighted by Crippen LogP contribution is -2.22. The molecule has 0 aliphatic carbocycles. The summed E-state index contributed by atoms with van der Waals surface area (Å²) in [4.78, 5) is 0. The summed E-state index contributed by atoms with van der Waals surface area (Å²) in [5.41, 5.74) is 1.17. The van der Waals surface area contributed by atoms with Gasteiger partial charge >= 0.3 is 0 Å². The van der Waals surface area contributed by atoms with Crippen LogP contribution < -0.4 is 14.8 Å². The van der Waals surface area contributed by atoms with Crippen molar-refractivity contribution in [2.24, 2.45) is 0 Å². The van der Waals surface area contributed by atoms with Gasteiger partial charge in [0.05, 0.1) is 13.2 Å². The van der Waals surface area contributed by atoms with Crippen molar-refractivity contribution < 1.29 is 9.47 Å². The minimum absolute atomic E-state index is 0.457. The molecule has 0 saturated heterocycles. The first-order chi connectivity index (χ1) is 9.69. The van der Waals surface area contributed by atoms with Crippen molar-refractivity contribution in [3.8, 4) is 11.5 Å². The molecule has 0 atom stereocenters. The summed E-state index contributed by atoms with van der Waals surface area (Å²) in [6, 6.07) is 6.57. The third-order valence-electron chi connectivity index (χ3n) is 3.06. The number of nitrogens with one attached hydrogen (secondary N) is 1. The monoisotopic (exact) mass is 279 g/mol. The fraction of sp³-hybridized carbons (Fsp3) is 0.647. The molecule has 1 rings (SSSR count). The number of para-hydroxylation sites is 1. The molecule has 3 nitrogen and oxygen atoms in total. The third kappa shape index (κ3) is 5.83. The van der Waals surface area contributed by atoms with E-state index >= 15 is 0 Å². The first-order valence-corrected chi connectivity index (χ1v) is 7.79. The van der Waals surface area contributed by atoms with E-state index in [2.05, 4.69) is 32.2 Å². The number of benzene rings is 1. The highest BCUT2D eigenvalue weighted by Crippen LogP contribution is 2.31. The molecule has 0 aliphatic rings. The van der Waals surface area contributed by atoms with Crippen LogP contribution in [0, 0.1) is 0 Å². The molecule has 0 saturated carbocycles. The van der Waals surface area contributed by atoms with Gasteiger partial charge in [0.1, 0.15) is 0 Å². The Balaban J connectivity index is 2.76. The molecule has 0 radical (unpaired) electrons. The molecule has 0 fully saturated rings. The van der Waals surface area contributed by atoms with E-state index in [1.165, 1.54) is 18.4 Å². The predicted molar refractivity (Wildman–Crippen MR) is 84.6 cm³/mol.